The number of nitrogens with one attached hydrogen (secondary N) is 2. The van der Waals surface area contributed by atoms with Crippen LogP contribution in [0.5, 0.6) is 5.75 Å². The number of carbonyl (C=O) groups is 3. The van der Waals surface area contributed by atoms with Gasteiger partial charge in [-0.3, -0.25) is 4.79 Å². The van der Waals surface area contributed by atoms with Gasteiger partial charge in [0.05, 0.1) is 6.54 Å². The first-order chi connectivity index (χ1) is 16.7. The van der Waals surface area contributed by atoms with Gasteiger partial charge in [0, 0.05) is 11.6 Å². The molecule has 1 aliphatic carbocycles. The zero-order valence-electron chi connectivity index (χ0n) is 18.1. The maximum atomic E-state index is 14.3. The third-order valence-corrected chi connectivity index (χ3v) is 5.62. The Kier molecular flexibility index (Phi) is 6.37. The Morgan fingerprint density at radius 1 is 0.943 bits per heavy atom. The predicted molar refractivity (Wildman–Crippen MR) is 122 cm³/mol. The summed E-state index contributed by atoms with van der Waals surface area (Å²) in [5.41, 5.74) is 3.12. The summed E-state index contributed by atoms with van der Waals surface area (Å²) in [6.07, 6.45) is -1.11. The fourth-order valence-electron chi connectivity index (χ4n) is 3.92. The number of aromatic hydroxyl groups is 1. The van der Waals surface area contributed by atoms with Crippen molar-refractivity contribution in [2.24, 2.45) is 0 Å². The molecular weight excluding hydrogens is 462 g/mol. The first-order valence-electron chi connectivity index (χ1n) is 10.5. The Morgan fingerprint density at radius 2 is 1.54 bits per heavy atom. The van der Waals surface area contributed by atoms with E-state index in [2.05, 4.69) is 0 Å². The van der Waals surface area contributed by atoms with Crippen molar-refractivity contribution in [3.63, 3.8) is 0 Å². The van der Waals surface area contributed by atoms with Gasteiger partial charge in [0.15, 0.2) is 0 Å². The summed E-state index contributed by atoms with van der Waals surface area (Å²) in [5.74, 6) is -8.12. The Morgan fingerprint density at radius 3 is 2.14 bits per heavy atom. The highest BCUT2D eigenvalue weighted by Gasteiger charge is 2.39. The molecule has 0 atom stereocenters. The van der Waals surface area contributed by atoms with Crippen molar-refractivity contribution in [2.45, 2.75) is 11.8 Å². The number of phenols is 1. The van der Waals surface area contributed by atoms with Crippen molar-refractivity contribution in [1.29, 1.82) is 0 Å². The molecule has 0 aromatic heterocycles. The van der Waals surface area contributed by atoms with Crippen molar-refractivity contribution in [3.05, 3.63) is 83.4 Å². The lowest BCUT2D eigenvalue weighted by Gasteiger charge is -2.18. The van der Waals surface area contributed by atoms with E-state index in [4.69, 9.17) is 9.84 Å². The zero-order valence-corrected chi connectivity index (χ0v) is 18.1. The summed E-state index contributed by atoms with van der Waals surface area (Å²) in [7, 11) is 0. The molecule has 35 heavy (non-hydrogen) atoms. The number of halogens is 2. The largest absolute Gasteiger partial charge is 0.507 e. The smallest absolute Gasteiger partial charge is 0.407 e. The molecule has 4 N–H and O–H groups in total. The van der Waals surface area contributed by atoms with Crippen LogP contribution >= 0.6 is 0 Å². The summed E-state index contributed by atoms with van der Waals surface area (Å²) < 4.78 is 33.8. The highest BCUT2D eigenvalue weighted by molar-refractivity contribution is 5.98. The fraction of sp³-hybridized carbons (Fsp3) is 0.160. The minimum atomic E-state index is -4.02. The zero-order chi connectivity index (χ0) is 25.2. The number of anilines is 1. The van der Waals surface area contributed by atoms with Crippen LogP contribution in [0.3, 0.4) is 0 Å². The van der Waals surface area contributed by atoms with E-state index >= 15 is 0 Å². The molecule has 0 saturated carbocycles. The Hall–Kier alpha value is -4.47. The molecule has 2 amide bonds. The molecule has 0 radical (unpaired) electrons. The summed E-state index contributed by atoms with van der Waals surface area (Å²) in [4.78, 5) is 35.2. The SMILES string of the molecule is O=C(NCC(F)(F)C(=O)Nc1ccc(O)c(C(=O)O)c1)OCC1c2ccccc2-c2ccccc21. The molecule has 0 spiro atoms. The second-order valence-corrected chi connectivity index (χ2v) is 7.87. The van der Waals surface area contributed by atoms with Crippen LogP contribution in [0.15, 0.2) is 66.7 Å². The van der Waals surface area contributed by atoms with Crippen molar-refractivity contribution in [2.75, 3.05) is 18.5 Å². The molecule has 3 aromatic carbocycles. The van der Waals surface area contributed by atoms with Crippen LogP contribution in [0.2, 0.25) is 0 Å². The molecule has 3 aromatic rings. The molecule has 10 heteroatoms. The summed E-state index contributed by atoms with van der Waals surface area (Å²) in [6.45, 7) is -1.41. The van der Waals surface area contributed by atoms with E-state index in [0.717, 1.165) is 40.5 Å². The molecule has 0 aliphatic heterocycles. The second-order valence-electron chi connectivity index (χ2n) is 7.87. The highest BCUT2D eigenvalue weighted by Crippen LogP contribution is 2.44. The lowest BCUT2D eigenvalue weighted by molar-refractivity contribution is -0.138. The molecule has 4 rings (SSSR count). The maximum absolute atomic E-state index is 14.3. The number of alkyl halides is 2. The molecule has 0 heterocycles. The fourth-order valence-corrected chi connectivity index (χ4v) is 3.92. The quantitative estimate of drug-likeness (QED) is 0.374. The molecule has 0 saturated heterocycles. The van der Waals surface area contributed by atoms with Gasteiger partial charge < -0.3 is 25.6 Å². The number of carboxylic acid groups (broad SMARTS) is 1. The van der Waals surface area contributed by atoms with Crippen LogP contribution in [-0.4, -0.2) is 47.3 Å². The van der Waals surface area contributed by atoms with E-state index < -0.39 is 41.7 Å². The Labute approximate surface area is 198 Å². The number of ether oxygens (including phenoxy) is 1. The van der Waals surface area contributed by atoms with E-state index in [1.807, 2.05) is 59.2 Å². The van der Waals surface area contributed by atoms with Gasteiger partial charge in [0.1, 0.15) is 17.9 Å². The summed E-state index contributed by atoms with van der Waals surface area (Å²) >= 11 is 0. The summed E-state index contributed by atoms with van der Waals surface area (Å²) in [6, 6.07) is 18.1. The van der Waals surface area contributed by atoms with Gasteiger partial charge >= 0.3 is 18.0 Å². The monoisotopic (exact) mass is 482 g/mol. The van der Waals surface area contributed by atoms with Crippen molar-refractivity contribution < 1.29 is 38.1 Å². The number of hydrogen-bond donors (Lipinski definition) is 4. The second kappa shape index (κ2) is 9.41. The molecule has 8 nitrogen and oxygen atoms in total. The first-order valence-corrected chi connectivity index (χ1v) is 10.5. The molecule has 1 aliphatic rings. The Bertz CT molecular complexity index is 1270. The number of carboxylic acids is 1. The van der Waals surface area contributed by atoms with E-state index in [-0.39, 0.29) is 18.2 Å². The third-order valence-electron chi connectivity index (χ3n) is 5.62. The van der Waals surface area contributed by atoms with Crippen LogP contribution in [0, 0.1) is 0 Å². The molecule has 0 bridgehead atoms. The van der Waals surface area contributed by atoms with Gasteiger partial charge in [-0.25, -0.2) is 9.59 Å². The minimum absolute atomic E-state index is 0.0803. The lowest BCUT2D eigenvalue weighted by Crippen LogP contribution is -2.45. The average Bonchev–Trinajstić information content (AvgIpc) is 3.16. The minimum Gasteiger partial charge on any atom is -0.507 e. The molecule has 0 fully saturated rings. The van der Waals surface area contributed by atoms with Crippen molar-refractivity contribution in [3.8, 4) is 16.9 Å². The van der Waals surface area contributed by atoms with Gasteiger partial charge in [-0.05, 0) is 40.5 Å². The first kappa shape index (κ1) is 23.7. The van der Waals surface area contributed by atoms with Gasteiger partial charge in [0.2, 0.25) is 0 Å². The standard InChI is InChI=1S/C25H20F2N2O6/c26-25(27,23(33)29-14-9-10-21(30)19(11-14)22(31)32)13-28-24(34)35-12-20-17-7-3-1-5-15(17)16-6-2-4-8-18(16)20/h1-11,20,30H,12-13H2,(H,28,34)(H,29,33)(H,31,32). The number of alkyl carbamates (subject to hydrolysis) is 1. The van der Waals surface area contributed by atoms with E-state index in [0.29, 0.717) is 0 Å². The van der Waals surface area contributed by atoms with Crippen LogP contribution in [0.1, 0.15) is 27.4 Å². The number of benzene rings is 3. The number of amides is 2. The lowest BCUT2D eigenvalue weighted by atomic mass is 9.98. The topological polar surface area (TPSA) is 125 Å². The van der Waals surface area contributed by atoms with E-state index in [1.54, 1.807) is 0 Å². The highest BCUT2D eigenvalue weighted by atomic mass is 19.3. The van der Waals surface area contributed by atoms with Gasteiger partial charge in [-0.2, -0.15) is 8.78 Å². The van der Waals surface area contributed by atoms with Gasteiger partial charge in [-0.15, -0.1) is 0 Å². The summed E-state index contributed by atoms with van der Waals surface area (Å²) in [5, 5.41) is 22.2. The number of fused-ring (bicyclic) bond motifs is 3. The van der Waals surface area contributed by atoms with E-state index in [1.165, 1.54) is 0 Å². The Balaban J connectivity index is 1.34. The van der Waals surface area contributed by atoms with Crippen LogP contribution < -0.4 is 10.6 Å². The molecule has 0 unspecified atom stereocenters. The van der Waals surface area contributed by atoms with Crippen molar-refractivity contribution >= 4 is 23.7 Å². The van der Waals surface area contributed by atoms with Crippen molar-refractivity contribution in [1.82, 2.24) is 5.32 Å². The third kappa shape index (κ3) is 4.91. The van der Waals surface area contributed by atoms with Crippen LogP contribution in [0.25, 0.3) is 11.1 Å². The van der Waals surface area contributed by atoms with Gasteiger partial charge in [0.25, 0.3) is 5.91 Å². The predicted octanol–water partition coefficient (Wildman–Crippen LogP) is 4.20. The van der Waals surface area contributed by atoms with E-state index in [9.17, 15) is 28.3 Å². The number of aromatic carboxylic acids is 1. The number of hydrogen-bond acceptors (Lipinski definition) is 5. The van der Waals surface area contributed by atoms with Gasteiger partial charge in [-0.1, -0.05) is 48.5 Å². The molecular formula is C25H20F2N2O6. The van der Waals surface area contributed by atoms with Crippen LogP contribution in [0.4, 0.5) is 19.3 Å². The van der Waals surface area contributed by atoms with Crippen LogP contribution in [-0.2, 0) is 9.53 Å². The normalized spacial score (nSPS) is 12.4. The average molecular weight is 482 g/mol. The number of carbonyl (C=O) groups excluding carboxylic acids is 2. The maximum Gasteiger partial charge on any atom is 0.407 e. The number of rotatable bonds is 7. The molecule has 180 valence electrons.